The lowest BCUT2D eigenvalue weighted by Gasteiger charge is -2.26. The fraction of sp³-hybridized carbons (Fsp3) is 0.500. The van der Waals surface area contributed by atoms with E-state index in [2.05, 4.69) is 27.2 Å². The number of aliphatic hydroxyl groups is 1. The van der Waals surface area contributed by atoms with Gasteiger partial charge in [0.15, 0.2) is 5.82 Å². The molecule has 0 bridgehead atoms. The van der Waals surface area contributed by atoms with E-state index >= 15 is 0 Å². The van der Waals surface area contributed by atoms with E-state index in [4.69, 9.17) is 4.52 Å². The number of nitrogens with zero attached hydrogens (tertiary/aromatic N) is 3. The SMILES string of the molecule is CN(Cc1nc(C2CC2)no1)C(CCO)c1ccccc1. The first-order chi connectivity index (χ1) is 10.3. The Hall–Kier alpha value is -1.72. The second-order valence-electron chi connectivity index (χ2n) is 5.67. The summed E-state index contributed by atoms with van der Waals surface area (Å²) in [6.45, 7) is 0.750. The molecule has 1 fully saturated rings. The first kappa shape index (κ1) is 14.2. The third kappa shape index (κ3) is 3.49. The van der Waals surface area contributed by atoms with Crippen molar-refractivity contribution in [1.82, 2.24) is 15.0 Å². The van der Waals surface area contributed by atoms with Gasteiger partial charge in [-0.3, -0.25) is 4.90 Å². The number of hydrogen-bond donors (Lipinski definition) is 1. The standard InChI is InChI=1S/C16H21N3O2/c1-19(11-15-17-16(18-21-15)13-7-8-13)14(9-10-20)12-5-3-2-4-6-12/h2-6,13-14,20H,7-11H2,1H3. The van der Waals surface area contributed by atoms with Crippen molar-refractivity contribution >= 4 is 0 Å². The third-order valence-electron chi connectivity index (χ3n) is 3.93. The summed E-state index contributed by atoms with van der Waals surface area (Å²) in [4.78, 5) is 6.62. The molecule has 1 aliphatic carbocycles. The smallest absolute Gasteiger partial charge is 0.240 e. The Morgan fingerprint density at radius 1 is 1.33 bits per heavy atom. The molecule has 1 aromatic heterocycles. The number of benzene rings is 1. The highest BCUT2D eigenvalue weighted by Crippen LogP contribution is 2.38. The van der Waals surface area contributed by atoms with Crippen molar-refractivity contribution in [3.63, 3.8) is 0 Å². The van der Waals surface area contributed by atoms with Gasteiger partial charge in [-0.2, -0.15) is 4.98 Å². The molecule has 1 unspecified atom stereocenters. The number of rotatable bonds is 7. The maximum atomic E-state index is 9.32. The molecule has 3 rings (SSSR count). The van der Waals surface area contributed by atoms with Gasteiger partial charge in [-0.1, -0.05) is 35.5 Å². The number of hydrogen-bond acceptors (Lipinski definition) is 5. The van der Waals surface area contributed by atoms with Gasteiger partial charge in [0.1, 0.15) is 0 Å². The van der Waals surface area contributed by atoms with Crippen LogP contribution in [0.3, 0.4) is 0 Å². The maximum absolute atomic E-state index is 9.32. The average molecular weight is 287 g/mol. The molecule has 112 valence electrons. The second-order valence-corrected chi connectivity index (χ2v) is 5.67. The lowest BCUT2D eigenvalue weighted by molar-refractivity contribution is 0.164. The zero-order valence-electron chi connectivity index (χ0n) is 12.3. The maximum Gasteiger partial charge on any atom is 0.240 e. The number of aromatic nitrogens is 2. The molecule has 5 nitrogen and oxygen atoms in total. The first-order valence-corrected chi connectivity index (χ1v) is 7.46. The molecule has 1 aliphatic rings. The molecule has 0 spiro atoms. The zero-order valence-corrected chi connectivity index (χ0v) is 12.3. The zero-order chi connectivity index (χ0) is 14.7. The van der Waals surface area contributed by atoms with Crippen LogP contribution in [0.2, 0.25) is 0 Å². The molecule has 0 amide bonds. The van der Waals surface area contributed by atoms with Gasteiger partial charge in [0.2, 0.25) is 5.89 Å². The molecule has 1 saturated carbocycles. The van der Waals surface area contributed by atoms with Crippen molar-refractivity contribution < 1.29 is 9.63 Å². The van der Waals surface area contributed by atoms with E-state index in [1.54, 1.807) is 0 Å². The normalized spacial score (nSPS) is 16.3. The Morgan fingerprint density at radius 3 is 2.76 bits per heavy atom. The first-order valence-electron chi connectivity index (χ1n) is 7.46. The summed E-state index contributed by atoms with van der Waals surface area (Å²) >= 11 is 0. The minimum atomic E-state index is 0.146. The Bertz CT molecular complexity index is 566. The van der Waals surface area contributed by atoms with E-state index in [1.165, 1.54) is 18.4 Å². The quantitative estimate of drug-likeness (QED) is 0.847. The highest BCUT2D eigenvalue weighted by molar-refractivity contribution is 5.19. The molecule has 0 saturated heterocycles. The molecular formula is C16H21N3O2. The van der Waals surface area contributed by atoms with Crippen molar-refractivity contribution in [2.24, 2.45) is 0 Å². The van der Waals surface area contributed by atoms with Gasteiger partial charge in [-0.05, 0) is 31.9 Å². The molecular weight excluding hydrogens is 266 g/mol. The van der Waals surface area contributed by atoms with Crippen LogP contribution < -0.4 is 0 Å². The van der Waals surface area contributed by atoms with Gasteiger partial charge in [0.25, 0.3) is 0 Å². The van der Waals surface area contributed by atoms with E-state index in [1.807, 2.05) is 25.2 Å². The van der Waals surface area contributed by atoms with Crippen LogP contribution in [0.5, 0.6) is 0 Å². The Morgan fingerprint density at radius 2 is 2.10 bits per heavy atom. The highest BCUT2D eigenvalue weighted by Gasteiger charge is 2.29. The van der Waals surface area contributed by atoms with Gasteiger partial charge in [0, 0.05) is 18.6 Å². The molecule has 21 heavy (non-hydrogen) atoms. The van der Waals surface area contributed by atoms with Crippen LogP contribution in [0.15, 0.2) is 34.9 Å². The summed E-state index contributed by atoms with van der Waals surface area (Å²) in [6.07, 6.45) is 3.03. The topological polar surface area (TPSA) is 62.4 Å². The lowest BCUT2D eigenvalue weighted by Crippen LogP contribution is -2.25. The number of aliphatic hydroxyl groups excluding tert-OH is 1. The summed E-state index contributed by atoms with van der Waals surface area (Å²) in [6, 6.07) is 10.4. The van der Waals surface area contributed by atoms with E-state index in [0.717, 1.165) is 5.82 Å². The van der Waals surface area contributed by atoms with Crippen LogP contribution >= 0.6 is 0 Å². The molecule has 1 heterocycles. The molecule has 1 N–H and O–H groups in total. The summed E-state index contributed by atoms with van der Waals surface area (Å²) in [5, 5.41) is 13.4. The van der Waals surface area contributed by atoms with Crippen LogP contribution in [0.1, 0.15) is 48.5 Å². The molecule has 1 aromatic carbocycles. The van der Waals surface area contributed by atoms with Crippen molar-refractivity contribution in [3.05, 3.63) is 47.6 Å². The van der Waals surface area contributed by atoms with Crippen LogP contribution in [-0.2, 0) is 6.54 Å². The molecule has 1 atom stereocenters. The van der Waals surface area contributed by atoms with Gasteiger partial charge in [-0.25, -0.2) is 0 Å². The Kier molecular flexibility index (Phi) is 4.31. The van der Waals surface area contributed by atoms with Crippen LogP contribution in [-0.4, -0.2) is 33.8 Å². The van der Waals surface area contributed by atoms with Gasteiger partial charge >= 0.3 is 0 Å². The Labute approximate surface area is 124 Å². The lowest BCUT2D eigenvalue weighted by atomic mass is 10.0. The molecule has 0 aliphatic heterocycles. The fourth-order valence-electron chi connectivity index (χ4n) is 2.60. The monoisotopic (exact) mass is 287 g/mol. The third-order valence-corrected chi connectivity index (χ3v) is 3.93. The van der Waals surface area contributed by atoms with Gasteiger partial charge in [0.05, 0.1) is 6.54 Å². The van der Waals surface area contributed by atoms with Gasteiger partial charge in [-0.15, -0.1) is 0 Å². The minimum absolute atomic E-state index is 0.146. The predicted molar refractivity (Wildman–Crippen MR) is 78.6 cm³/mol. The van der Waals surface area contributed by atoms with Crippen molar-refractivity contribution in [2.45, 2.75) is 37.8 Å². The largest absolute Gasteiger partial charge is 0.396 e. The highest BCUT2D eigenvalue weighted by atomic mass is 16.5. The van der Waals surface area contributed by atoms with Crippen LogP contribution in [0.4, 0.5) is 0 Å². The summed E-state index contributed by atoms with van der Waals surface area (Å²) < 4.78 is 5.34. The van der Waals surface area contributed by atoms with E-state index < -0.39 is 0 Å². The van der Waals surface area contributed by atoms with Crippen molar-refractivity contribution in [3.8, 4) is 0 Å². The molecule has 5 heteroatoms. The summed E-state index contributed by atoms with van der Waals surface area (Å²) in [5.41, 5.74) is 1.19. The fourth-order valence-corrected chi connectivity index (χ4v) is 2.60. The van der Waals surface area contributed by atoms with Gasteiger partial charge < -0.3 is 9.63 Å². The second kappa shape index (κ2) is 6.37. The van der Waals surface area contributed by atoms with E-state index in [-0.39, 0.29) is 12.6 Å². The van der Waals surface area contributed by atoms with Crippen molar-refractivity contribution in [2.75, 3.05) is 13.7 Å². The minimum Gasteiger partial charge on any atom is -0.396 e. The summed E-state index contributed by atoms with van der Waals surface area (Å²) in [5.74, 6) is 2.00. The van der Waals surface area contributed by atoms with Crippen molar-refractivity contribution in [1.29, 1.82) is 0 Å². The van der Waals surface area contributed by atoms with E-state index in [0.29, 0.717) is 24.8 Å². The average Bonchev–Trinajstić information content (AvgIpc) is 3.26. The van der Waals surface area contributed by atoms with Crippen LogP contribution in [0.25, 0.3) is 0 Å². The summed E-state index contributed by atoms with van der Waals surface area (Å²) in [7, 11) is 2.02. The molecule has 2 aromatic rings. The van der Waals surface area contributed by atoms with Crippen LogP contribution in [0, 0.1) is 0 Å². The predicted octanol–water partition coefficient (Wildman–Crippen LogP) is 2.50. The van der Waals surface area contributed by atoms with E-state index in [9.17, 15) is 5.11 Å². The Balaban J connectivity index is 1.69. The molecule has 0 radical (unpaired) electrons.